The maximum atomic E-state index is 10.0. The van der Waals surface area contributed by atoms with Gasteiger partial charge in [-0.15, -0.1) is 11.8 Å². The number of ether oxygens (including phenoxy) is 1. The van der Waals surface area contributed by atoms with Gasteiger partial charge in [-0.1, -0.05) is 0 Å². The first-order chi connectivity index (χ1) is 10.3. The summed E-state index contributed by atoms with van der Waals surface area (Å²) in [4.78, 5) is 5.32. The van der Waals surface area contributed by atoms with E-state index in [0.717, 1.165) is 54.9 Å². The Hall–Kier alpha value is -1.68. The molecule has 0 bridgehead atoms. The van der Waals surface area contributed by atoms with E-state index in [-0.39, 0.29) is 0 Å². The normalized spacial score (nSPS) is 13.0. The van der Waals surface area contributed by atoms with Crippen molar-refractivity contribution >= 4 is 11.8 Å². The Morgan fingerprint density at radius 2 is 2.24 bits per heavy atom. The number of hydrogen-bond acceptors (Lipinski definition) is 4. The lowest BCUT2D eigenvalue weighted by Crippen LogP contribution is -1.91. The van der Waals surface area contributed by atoms with Crippen LogP contribution in [0.3, 0.4) is 0 Å². The summed E-state index contributed by atoms with van der Waals surface area (Å²) in [5.74, 6) is 2.44. The molecular formula is C17H19NO2S. The van der Waals surface area contributed by atoms with Crippen molar-refractivity contribution in [2.45, 2.75) is 30.6 Å². The van der Waals surface area contributed by atoms with E-state index in [0.29, 0.717) is 5.75 Å². The van der Waals surface area contributed by atoms with Gasteiger partial charge in [-0.05, 0) is 54.8 Å². The van der Waals surface area contributed by atoms with E-state index in [1.54, 1.807) is 6.20 Å². The van der Waals surface area contributed by atoms with Gasteiger partial charge in [-0.25, -0.2) is 0 Å². The molecule has 0 fully saturated rings. The van der Waals surface area contributed by atoms with Crippen molar-refractivity contribution in [2.75, 3.05) is 12.4 Å². The van der Waals surface area contributed by atoms with Gasteiger partial charge in [0.15, 0.2) is 0 Å². The average molecular weight is 301 g/mol. The minimum absolute atomic E-state index is 0.416. The van der Waals surface area contributed by atoms with Crippen molar-refractivity contribution in [3.05, 3.63) is 47.8 Å². The third-order valence-electron chi connectivity index (χ3n) is 3.63. The first kappa shape index (κ1) is 14.3. The number of pyridine rings is 1. The number of phenolic OH excluding ortho intramolecular Hbond substituents is 1. The molecule has 0 aliphatic carbocycles. The maximum Gasteiger partial charge on any atom is 0.123 e. The summed E-state index contributed by atoms with van der Waals surface area (Å²) in [6.45, 7) is 0.736. The zero-order chi connectivity index (χ0) is 14.5. The summed E-state index contributed by atoms with van der Waals surface area (Å²) in [5, 5.41) is 10.0. The van der Waals surface area contributed by atoms with Crippen LogP contribution in [0, 0.1) is 0 Å². The van der Waals surface area contributed by atoms with Crippen LogP contribution < -0.4 is 4.74 Å². The van der Waals surface area contributed by atoms with Crippen molar-refractivity contribution in [1.29, 1.82) is 0 Å². The number of aromatic nitrogens is 1. The molecular weight excluding hydrogens is 282 g/mol. The van der Waals surface area contributed by atoms with Gasteiger partial charge in [0.1, 0.15) is 11.5 Å². The Morgan fingerprint density at radius 3 is 3.10 bits per heavy atom. The maximum absolute atomic E-state index is 10.0. The molecule has 3 rings (SSSR count). The molecule has 3 nitrogen and oxygen atoms in total. The molecule has 1 aromatic heterocycles. The summed E-state index contributed by atoms with van der Waals surface area (Å²) in [7, 11) is 0. The number of hydrogen-bond donors (Lipinski definition) is 1. The number of benzene rings is 1. The topological polar surface area (TPSA) is 42.4 Å². The Balaban J connectivity index is 1.45. The third kappa shape index (κ3) is 3.70. The highest BCUT2D eigenvalue weighted by Gasteiger charge is 2.15. The molecule has 1 aromatic carbocycles. The van der Waals surface area contributed by atoms with E-state index in [2.05, 4.69) is 11.1 Å². The van der Waals surface area contributed by atoms with Crippen molar-refractivity contribution in [2.24, 2.45) is 0 Å². The summed E-state index contributed by atoms with van der Waals surface area (Å²) < 4.78 is 5.56. The number of fused-ring (bicyclic) bond motifs is 1. The fraction of sp³-hybridized carbons (Fsp3) is 0.353. The van der Waals surface area contributed by atoms with Crippen LogP contribution in [0.25, 0.3) is 0 Å². The Morgan fingerprint density at radius 1 is 1.29 bits per heavy atom. The second-order valence-corrected chi connectivity index (χ2v) is 6.35. The second-order valence-electron chi connectivity index (χ2n) is 5.18. The fourth-order valence-corrected chi connectivity index (χ4v) is 3.39. The first-order valence-electron chi connectivity index (χ1n) is 7.33. The largest absolute Gasteiger partial charge is 0.508 e. The molecule has 0 unspecified atom stereocenters. The molecule has 0 saturated heterocycles. The van der Waals surface area contributed by atoms with Crippen LogP contribution >= 0.6 is 11.8 Å². The lowest BCUT2D eigenvalue weighted by molar-refractivity contribution is 0.356. The number of rotatable bonds is 6. The SMILES string of the molecule is Oc1cc2c(cc1CCCCSc1cccnc1)OCC2. The van der Waals surface area contributed by atoms with E-state index in [9.17, 15) is 5.11 Å². The first-order valence-corrected chi connectivity index (χ1v) is 8.32. The molecule has 0 saturated carbocycles. The summed E-state index contributed by atoms with van der Waals surface area (Å²) in [6, 6.07) is 7.92. The van der Waals surface area contributed by atoms with Crippen LogP contribution in [0.15, 0.2) is 41.6 Å². The summed E-state index contributed by atoms with van der Waals surface area (Å²) in [6.07, 6.45) is 7.69. The number of aryl methyl sites for hydroxylation is 1. The Labute approximate surface area is 129 Å². The number of aromatic hydroxyl groups is 1. The highest BCUT2D eigenvalue weighted by Crippen LogP contribution is 2.33. The van der Waals surface area contributed by atoms with Crippen molar-refractivity contribution in [1.82, 2.24) is 4.98 Å². The van der Waals surface area contributed by atoms with Crippen molar-refractivity contribution < 1.29 is 9.84 Å². The monoisotopic (exact) mass is 301 g/mol. The van der Waals surface area contributed by atoms with Crippen molar-refractivity contribution in [3.63, 3.8) is 0 Å². The van der Waals surface area contributed by atoms with E-state index >= 15 is 0 Å². The van der Waals surface area contributed by atoms with Crippen LogP contribution in [0.5, 0.6) is 11.5 Å². The van der Waals surface area contributed by atoms with Gasteiger partial charge in [-0.2, -0.15) is 0 Å². The van der Waals surface area contributed by atoms with Gasteiger partial charge in [0.25, 0.3) is 0 Å². The molecule has 1 N–H and O–H groups in total. The molecule has 1 aliphatic heterocycles. The quantitative estimate of drug-likeness (QED) is 0.650. The van der Waals surface area contributed by atoms with Crippen LogP contribution in [0.2, 0.25) is 0 Å². The van der Waals surface area contributed by atoms with Gasteiger partial charge in [0.05, 0.1) is 6.61 Å². The van der Waals surface area contributed by atoms with Crippen LogP contribution in [0.1, 0.15) is 24.0 Å². The molecule has 2 aromatic rings. The highest BCUT2D eigenvalue weighted by molar-refractivity contribution is 7.99. The average Bonchev–Trinajstić information content (AvgIpc) is 2.95. The number of unbranched alkanes of at least 4 members (excludes halogenated alkanes) is 1. The van der Waals surface area contributed by atoms with E-state index < -0.39 is 0 Å². The molecule has 0 radical (unpaired) electrons. The van der Waals surface area contributed by atoms with E-state index in [1.165, 1.54) is 4.90 Å². The van der Waals surface area contributed by atoms with Crippen molar-refractivity contribution in [3.8, 4) is 11.5 Å². The lowest BCUT2D eigenvalue weighted by Gasteiger charge is -2.07. The van der Waals surface area contributed by atoms with Gasteiger partial charge >= 0.3 is 0 Å². The van der Waals surface area contributed by atoms with Crippen LogP contribution in [-0.4, -0.2) is 22.5 Å². The molecule has 21 heavy (non-hydrogen) atoms. The minimum atomic E-state index is 0.416. The number of nitrogens with zero attached hydrogens (tertiary/aromatic N) is 1. The molecule has 0 amide bonds. The number of thioether (sulfide) groups is 1. The van der Waals surface area contributed by atoms with E-state index in [4.69, 9.17) is 4.74 Å². The van der Waals surface area contributed by atoms with Crippen LogP contribution in [-0.2, 0) is 12.8 Å². The van der Waals surface area contributed by atoms with Gasteiger partial charge in [0, 0.05) is 29.3 Å². The number of phenols is 1. The zero-order valence-electron chi connectivity index (χ0n) is 11.9. The lowest BCUT2D eigenvalue weighted by atomic mass is 10.0. The zero-order valence-corrected chi connectivity index (χ0v) is 12.7. The fourth-order valence-electron chi connectivity index (χ4n) is 2.49. The highest BCUT2D eigenvalue weighted by atomic mass is 32.2. The third-order valence-corrected chi connectivity index (χ3v) is 4.70. The van der Waals surface area contributed by atoms with E-state index in [1.807, 2.05) is 36.2 Å². The minimum Gasteiger partial charge on any atom is -0.508 e. The second kappa shape index (κ2) is 6.85. The van der Waals surface area contributed by atoms with Gasteiger partial charge in [0.2, 0.25) is 0 Å². The Bertz CT molecular complexity index is 601. The molecule has 2 heterocycles. The van der Waals surface area contributed by atoms with Crippen LogP contribution in [0.4, 0.5) is 0 Å². The smallest absolute Gasteiger partial charge is 0.123 e. The molecule has 1 aliphatic rings. The van der Waals surface area contributed by atoms with Gasteiger partial charge in [-0.3, -0.25) is 4.98 Å². The molecule has 4 heteroatoms. The molecule has 110 valence electrons. The predicted octanol–water partition coefficient (Wildman–Crippen LogP) is 3.84. The Kier molecular flexibility index (Phi) is 4.65. The standard InChI is InChI=1S/C17H19NO2S/c19-16-10-14-6-8-20-17(14)11-13(16)4-1-2-9-21-15-5-3-7-18-12-15/h3,5,7,10-12,19H,1-2,4,6,8-9H2. The molecule has 0 atom stereocenters. The summed E-state index contributed by atoms with van der Waals surface area (Å²) >= 11 is 1.83. The van der Waals surface area contributed by atoms with Gasteiger partial charge < -0.3 is 9.84 Å². The molecule has 0 spiro atoms. The summed E-state index contributed by atoms with van der Waals surface area (Å²) in [5.41, 5.74) is 2.13. The predicted molar refractivity (Wildman–Crippen MR) is 85.2 cm³/mol.